The summed E-state index contributed by atoms with van der Waals surface area (Å²) in [5, 5.41) is 7.13. The summed E-state index contributed by atoms with van der Waals surface area (Å²) in [6.07, 6.45) is 2.30. The van der Waals surface area contributed by atoms with E-state index in [2.05, 4.69) is 20.1 Å². The minimum atomic E-state index is -0.293. The van der Waals surface area contributed by atoms with E-state index in [1.807, 2.05) is 6.92 Å². The lowest BCUT2D eigenvalue weighted by Crippen LogP contribution is -2.36. The van der Waals surface area contributed by atoms with Gasteiger partial charge in [-0.25, -0.2) is 4.98 Å². The molecule has 0 aliphatic rings. The van der Waals surface area contributed by atoms with Crippen LogP contribution in [0, 0.1) is 0 Å². The van der Waals surface area contributed by atoms with E-state index >= 15 is 0 Å². The third-order valence-electron chi connectivity index (χ3n) is 2.05. The monoisotopic (exact) mass is 212 g/mol. The highest BCUT2D eigenvalue weighted by Crippen LogP contribution is 1.96. The Morgan fingerprint density at radius 3 is 2.93 bits per heavy atom. The fourth-order valence-corrected chi connectivity index (χ4v) is 1.22. The summed E-state index contributed by atoms with van der Waals surface area (Å²) >= 11 is 0. The molecule has 0 aromatic carbocycles. The Balaban J connectivity index is 2.44. The number of carbonyl (C=O) groups excluding carboxylic acids is 1. The Hall–Kier alpha value is -1.43. The molecule has 15 heavy (non-hydrogen) atoms. The maximum atomic E-state index is 11.2. The van der Waals surface area contributed by atoms with Crippen LogP contribution in [-0.4, -0.2) is 33.9 Å². The number of esters is 1. The number of nitrogens with one attached hydrogen (secondary N) is 1. The Labute approximate surface area is 88.6 Å². The zero-order valence-electron chi connectivity index (χ0n) is 9.23. The largest absolute Gasteiger partial charge is 0.468 e. The normalized spacial score (nSPS) is 12.5. The van der Waals surface area contributed by atoms with Crippen molar-refractivity contribution in [3.8, 4) is 0 Å². The van der Waals surface area contributed by atoms with Crippen LogP contribution in [0.15, 0.2) is 6.33 Å². The van der Waals surface area contributed by atoms with Gasteiger partial charge in [0.1, 0.15) is 12.4 Å². The molecule has 84 valence electrons. The zero-order valence-corrected chi connectivity index (χ0v) is 9.23. The van der Waals surface area contributed by atoms with Gasteiger partial charge < -0.3 is 4.74 Å². The van der Waals surface area contributed by atoms with E-state index < -0.39 is 0 Å². The van der Waals surface area contributed by atoms with Crippen molar-refractivity contribution in [1.29, 1.82) is 0 Å². The van der Waals surface area contributed by atoms with Gasteiger partial charge in [0, 0.05) is 7.05 Å². The second-order valence-corrected chi connectivity index (χ2v) is 3.20. The molecule has 1 atom stereocenters. The molecule has 6 nitrogen and oxygen atoms in total. The summed E-state index contributed by atoms with van der Waals surface area (Å²) in [4.78, 5) is 15.3. The number of ether oxygens (including phenoxy) is 1. The Bertz CT molecular complexity index is 324. The maximum Gasteiger partial charge on any atom is 0.322 e. The molecule has 0 saturated carbocycles. The summed E-state index contributed by atoms with van der Waals surface area (Å²) in [6, 6.07) is -0.293. The van der Waals surface area contributed by atoms with Gasteiger partial charge in [0.05, 0.1) is 13.7 Å². The SMILES string of the molecule is CCC(NCc1ncn(C)n1)C(=O)OC. The van der Waals surface area contributed by atoms with Gasteiger partial charge in [-0.2, -0.15) is 5.10 Å². The van der Waals surface area contributed by atoms with Crippen LogP contribution in [0.2, 0.25) is 0 Å². The van der Waals surface area contributed by atoms with Crippen molar-refractivity contribution >= 4 is 5.97 Å². The molecule has 0 aliphatic heterocycles. The quantitative estimate of drug-likeness (QED) is 0.688. The molecule has 0 spiro atoms. The third kappa shape index (κ3) is 3.32. The number of carbonyl (C=O) groups is 1. The zero-order chi connectivity index (χ0) is 11.3. The number of hydrogen-bond donors (Lipinski definition) is 1. The minimum absolute atomic E-state index is 0.256. The van der Waals surface area contributed by atoms with Crippen LogP contribution in [0.3, 0.4) is 0 Å². The molecule has 1 N–H and O–H groups in total. The molecule has 0 bridgehead atoms. The van der Waals surface area contributed by atoms with Gasteiger partial charge in [-0.15, -0.1) is 0 Å². The van der Waals surface area contributed by atoms with Crippen molar-refractivity contribution < 1.29 is 9.53 Å². The number of aryl methyl sites for hydroxylation is 1. The second kappa shape index (κ2) is 5.45. The van der Waals surface area contributed by atoms with E-state index in [0.717, 1.165) is 0 Å². The highest BCUT2D eigenvalue weighted by Gasteiger charge is 2.16. The summed E-state index contributed by atoms with van der Waals surface area (Å²) < 4.78 is 6.27. The molecule has 1 heterocycles. The second-order valence-electron chi connectivity index (χ2n) is 3.20. The maximum absolute atomic E-state index is 11.2. The molecule has 1 aromatic rings. The molecule has 1 aromatic heterocycles. The lowest BCUT2D eigenvalue weighted by atomic mass is 10.2. The molecular formula is C9H16N4O2. The molecule has 0 saturated heterocycles. The summed E-state index contributed by atoms with van der Waals surface area (Å²) in [5.41, 5.74) is 0. The van der Waals surface area contributed by atoms with E-state index in [4.69, 9.17) is 0 Å². The van der Waals surface area contributed by atoms with Gasteiger partial charge in [-0.1, -0.05) is 6.92 Å². The number of aromatic nitrogens is 3. The van der Waals surface area contributed by atoms with E-state index in [-0.39, 0.29) is 12.0 Å². The lowest BCUT2D eigenvalue weighted by Gasteiger charge is -2.12. The highest BCUT2D eigenvalue weighted by atomic mass is 16.5. The van der Waals surface area contributed by atoms with Crippen molar-refractivity contribution in [2.24, 2.45) is 7.05 Å². The van der Waals surface area contributed by atoms with Crippen molar-refractivity contribution in [2.45, 2.75) is 25.9 Å². The molecule has 0 amide bonds. The first-order chi connectivity index (χ1) is 7.17. The number of hydrogen-bond acceptors (Lipinski definition) is 5. The van der Waals surface area contributed by atoms with Gasteiger partial charge in [-0.3, -0.25) is 14.8 Å². The van der Waals surface area contributed by atoms with Crippen LogP contribution in [-0.2, 0) is 23.1 Å². The van der Waals surface area contributed by atoms with Crippen molar-refractivity contribution in [3.05, 3.63) is 12.2 Å². The van der Waals surface area contributed by atoms with Crippen molar-refractivity contribution in [2.75, 3.05) is 7.11 Å². The molecule has 0 radical (unpaired) electrons. The lowest BCUT2D eigenvalue weighted by molar-refractivity contribution is -0.143. The van der Waals surface area contributed by atoms with Crippen LogP contribution < -0.4 is 5.32 Å². The van der Waals surface area contributed by atoms with Crippen molar-refractivity contribution in [3.63, 3.8) is 0 Å². The average Bonchev–Trinajstić information content (AvgIpc) is 2.64. The fourth-order valence-electron chi connectivity index (χ4n) is 1.22. The van der Waals surface area contributed by atoms with Gasteiger partial charge >= 0.3 is 5.97 Å². The molecule has 0 fully saturated rings. The van der Waals surface area contributed by atoms with Gasteiger partial charge in [-0.05, 0) is 6.42 Å². The van der Waals surface area contributed by atoms with Crippen LogP contribution in [0.1, 0.15) is 19.2 Å². The topological polar surface area (TPSA) is 69.0 Å². The fraction of sp³-hybridized carbons (Fsp3) is 0.667. The first kappa shape index (κ1) is 11.6. The Morgan fingerprint density at radius 2 is 2.47 bits per heavy atom. The summed E-state index contributed by atoms with van der Waals surface area (Å²) in [5.74, 6) is 0.410. The van der Waals surface area contributed by atoms with E-state index in [9.17, 15) is 4.79 Å². The first-order valence-electron chi connectivity index (χ1n) is 4.83. The predicted octanol–water partition coefficient (Wildman–Crippen LogP) is -0.144. The van der Waals surface area contributed by atoms with Crippen molar-refractivity contribution in [1.82, 2.24) is 20.1 Å². The van der Waals surface area contributed by atoms with E-state index in [0.29, 0.717) is 18.8 Å². The van der Waals surface area contributed by atoms with Gasteiger partial charge in [0.15, 0.2) is 5.82 Å². The van der Waals surface area contributed by atoms with Crippen LogP contribution in [0.4, 0.5) is 0 Å². The number of nitrogens with zero attached hydrogens (tertiary/aromatic N) is 3. The Morgan fingerprint density at radius 1 is 1.73 bits per heavy atom. The highest BCUT2D eigenvalue weighted by molar-refractivity contribution is 5.75. The van der Waals surface area contributed by atoms with Crippen LogP contribution >= 0.6 is 0 Å². The molecule has 1 unspecified atom stereocenters. The number of methoxy groups -OCH3 is 1. The summed E-state index contributed by atoms with van der Waals surface area (Å²) in [7, 11) is 3.18. The molecule has 1 rings (SSSR count). The smallest absolute Gasteiger partial charge is 0.322 e. The first-order valence-corrected chi connectivity index (χ1v) is 4.83. The predicted molar refractivity (Wildman–Crippen MR) is 53.9 cm³/mol. The molecule has 6 heteroatoms. The van der Waals surface area contributed by atoms with E-state index in [1.165, 1.54) is 7.11 Å². The molecule has 0 aliphatic carbocycles. The molecular weight excluding hydrogens is 196 g/mol. The average molecular weight is 212 g/mol. The van der Waals surface area contributed by atoms with Gasteiger partial charge in [0.2, 0.25) is 0 Å². The van der Waals surface area contributed by atoms with Crippen LogP contribution in [0.5, 0.6) is 0 Å². The standard InChI is InChI=1S/C9H16N4O2/c1-4-7(9(14)15-3)10-5-8-11-6-13(2)12-8/h6-7,10H,4-5H2,1-3H3. The third-order valence-corrected chi connectivity index (χ3v) is 2.05. The number of rotatable bonds is 5. The van der Waals surface area contributed by atoms with Crippen LogP contribution in [0.25, 0.3) is 0 Å². The van der Waals surface area contributed by atoms with Gasteiger partial charge in [0.25, 0.3) is 0 Å². The minimum Gasteiger partial charge on any atom is -0.468 e. The Kier molecular flexibility index (Phi) is 4.23. The summed E-state index contributed by atoms with van der Waals surface area (Å²) in [6.45, 7) is 2.38. The van der Waals surface area contributed by atoms with E-state index in [1.54, 1.807) is 18.1 Å².